The van der Waals surface area contributed by atoms with Gasteiger partial charge in [0.15, 0.2) is 0 Å². The van der Waals surface area contributed by atoms with Gasteiger partial charge in [-0.05, 0) is 34.5 Å². The molecule has 1 atom stereocenters. The Labute approximate surface area is 106 Å². The van der Waals surface area contributed by atoms with Gasteiger partial charge >= 0.3 is 0 Å². The van der Waals surface area contributed by atoms with E-state index in [1.165, 1.54) is 4.90 Å². The maximum Gasteiger partial charge on any atom is 0.227 e. The Kier molecular flexibility index (Phi) is 3.44. The highest BCUT2D eigenvalue weighted by Gasteiger charge is 2.31. The van der Waals surface area contributed by atoms with E-state index in [-0.39, 0.29) is 28.4 Å². The molecule has 1 aliphatic heterocycles. The van der Waals surface area contributed by atoms with Gasteiger partial charge in [-0.15, -0.1) is 0 Å². The molecule has 1 aromatic rings. The van der Waals surface area contributed by atoms with Gasteiger partial charge in [-0.1, -0.05) is 0 Å². The molecule has 1 aromatic carbocycles. The lowest BCUT2D eigenvalue weighted by atomic mass is 10.1. The van der Waals surface area contributed by atoms with Gasteiger partial charge in [-0.25, -0.2) is 8.78 Å². The third-order valence-corrected chi connectivity index (χ3v) is 3.43. The van der Waals surface area contributed by atoms with Crippen LogP contribution in [-0.2, 0) is 4.79 Å². The quantitative estimate of drug-likeness (QED) is 0.850. The zero-order valence-electron chi connectivity index (χ0n) is 8.92. The zero-order valence-corrected chi connectivity index (χ0v) is 10.5. The predicted octanol–water partition coefficient (Wildman–Crippen LogP) is 2.04. The van der Waals surface area contributed by atoms with Crippen molar-refractivity contribution in [1.82, 2.24) is 0 Å². The molecule has 17 heavy (non-hydrogen) atoms. The SMILES string of the molecule is NCC1CC(=O)N(c2cc(F)c(Br)cc2F)C1. The highest BCUT2D eigenvalue weighted by atomic mass is 79.9. The number of benzene rings is 1. The number of hydrogen-bond donors (Lipinski definition) is 1. The Morgan fingerprint density at radius 3 is 2.71 bits per heavy atom. The van der Waals surface area contributed by atoms with Gasteiger partial charge in [0.2, 0.25) is 5.91 Å². The first kappa shape index (κ1) is 12.4. The fourth-order valence-corrected chi connectivity index (χ4v) is 2.21. The highest BCUT2D eigenvalue weighted by Crippen LogP contribution is 2.30. The summed E-state index contributed by atoms with van der Waals surface area (Å²) in [5, 5.41) is 0. The molecule has 0 aromatic heterocycles. The van der Waals surface area contributed by atoms with Crippen molar-refractivity contribution in [1.29, 1.82) is 0 Å². The van der Waals surface area contributed by atoms with Crippen molar-refractivity contribution in [2.45, 2.75) is 6.42 Å². The molecule has 1 saturated heterocycles. The molecule has 1 unspecified atom stereocenters. The second-order valence-electron chi connectivity index (χ2n) is 4.03. The minimum absolute atomic E-state index is 0.00797. The summed E-state index contributed by atoms with van der Waals surface area (Å²) in [6.07, 6.45) is 0.285. The van der Waals surface area contributed by atoms with Gasteiger partial charge in [0.05, 0.1) is 10.2 Å². The van der Waals surface area contributed by atoms with Crippen molar-refractivity contribution in [3.8, 4) is 0 Å². The average Bonchev–Trinajstić information content (AvgIpc) is 2.65. The zero-order chi connectivity index (χ0) is 12.6. The van der Waals surface area contributed by atoms with Crippen molar-refractivity contribution in [2.24, 2.45) is 11.7 Å². The molecule has 3 nitrogen and oxygen atoms in total. The molecule has 0 saturated carbocycles. The van der Waals surface area contributed by atoms with E-state index >= 15 is 0 Å². The molecular weight excluding hydrogens is 294 g/mol. The first-order chi connectivity index (χ1) is 8.02. The topological polar surface area (TPSA) is 46.3 Å². The summed E-state index contributed by atoms with van der Waals surface area (Å²) >= 11 is 2.89. The second-order valence-corrected chi connectivity index (χ2v) is 4.88. The van der Waals surface area contributed by atoms with Crippen molar-refractivity contribution in [3.05, 3.63) is 28.2 Å². The Morgan fingerprint density at radius 2 is 2.12 bits per heavy atom. The number of nitrogens with zero attached hydrogens (tertiary/aromatic N) is 1. The average molecular weight is 305 g/mol. The standard InChI is InChI=1S/C11H11BrF2N2O/c12-7-2-9(14)10(3-8(7)13)16-5-6(4-15)1-11(16)17/h2-3,6H,1,4-5,15H2. The first-order valence-corrected chi connectivity index (χ1v) is 5.97. The minimum atomic E-state index is -0.621. The summed E-state index contributed by atoms with van der Waals surface area (Å²) in [5.41, 5.74) is 5.45. The van der Waals surface area contributed by atoms with E-state index < -0.39 is 11.6 Å². The Morgan fingerprint density at radius 1 is 1.41 bits per heavy atom. The first-order valence-electron chi connectivity index (χ1n) is 5.18. The van der Waals surface area contributed by atoms with Gasteiger partial charge in [0.1, 0.15) is 11.6 Å². The number of rotatable bonds is 2. The molecule has 0 radical (unpaired) electrons. The molecule has 1 fully saturated rings. The van der Waals surface area contributed by atoms with Crippen LogP contribution in [0.5, 0.6) is 0 Å². The molecule has 1 amide bonds. The summed E-state index contributed by atoms with van der Waals surface area (Å²) in [6.45, 7) is 0.705. The van der Waals surface area contributed by atoms with E-state index in [2.05, 4.69) is 15.9 Å². The smallest absolute Gasteiger partial charge is 0.227 e. The number of halogens is 3. The van der Waals surface area contributed by atoms with E-state index in [1.807, 2.05) is 0 Å². The number of nitrogens with two attached hydrogens (primary N) is 1. The number of hydrogen-bond acceptors (Lipinski definition) is 2. The van der Waals surface area contributed by atoms with Crippen molar-refractivity contribution >= 4 is 27.5 Å². The van der Waals surface area contributed by atoms with Crippen LogP contribution in [0.1, 0.15) is 6.42 Å². The monoisotopic (exact) mass is 304 g/mol. The van der Waals surface area contributed by atoms with Crippen molar-refractivity contribution in [2.75, 3.05) is 18.0 Å². The van der Waals surface area contributed by atoms with Crippen LogP contribution in [0.15, 0.2) is 16.6 Å². The summed E-state index contributed by atoms with van der Waals surface area (Å²) in [4.78, 5) is 12.9. The lowest BCUT2D eigenvalue weighted by Gasteiger charge is -2.17. The van der Waals surface area contributed by atoms with Crippen LogP contribution in [0.2, 0.25) is 0 Å². The van der Waals surface area contributed by atoms with Crippen LogP contribution in [0.3, 0.4) is 0 Å². The van der Waals surface area contributed by atoms with E-state index in [0.717, 1.165) is 12.1 Å². The number of anilines is 1. The van der Waals surface area contributed by atoms with Crippen molar-refractivity contribution < 1.29 is 13.6 Å². The number of carbonyl (C=O) groups excluding carboxylic acids is 1. The number of carbonyl (C=O) groups is 1. The minimum Gasteiger partial charge on any atom is -0.330 e. The summed E-state index contributed by atoms with van der Waals surface area (Å²) < 4.78 is 27.0. The third kappa shape index (κ3) is 2.32. The Hall–Kier alpha value is -1.01. The summed E-state index contributed by atoms with van der Waals surface area (Å²) in [5.74, 6) is -1.43. The van der Waals surface area contributed by atoms with Gasteiger partial charge < -0.3 is 10.6 Å². The molecule has 0 bridgehead atoms. The van der Waals surface area contributed by atoms with E-state index in [0.29, 0.717) is 13.1 Å². The molecular formula is C11H11BrF2N2O. The predicted molar refractivity (Wildman–Crippen MR) is 63.6 cm³/mol. The molecule has 2 N–H and O–H groups in total. The molecule has 1 aliphatic rings. The van der Waals surface area contributed by atoms with Crippen LogP contribution in [0, 0.1) is 17.6 Å². The van der Waals surface area contributed by atoms with Gasteiger partial charge in [0, 0.05) is 19.0 Å². The van der Waals surface area contributed by atoms with Crippen LogP contribution in [0.25, 0.3) is 0 Å². The molecule has 6 heteroatoms. The fourth-order valence-electron chi connectivity index (χ4n) is 1.89. The van der Waals surface area contributed by atoms with E-state index in [4.69, 9.17) is 5.73 Å². The lowest BCUT2D eigenvalue weighted by molar-refractivity contribution is -0.117. The van der Waals surface area contributed by atoms with Gasteiger partial charge in [0.25, 0.3) is 0 Å². The Bertz CT molecular complexity index is 467. The van der Waals surface area contributed by atoms with Crippen LogP contribution in [-0.4, -0.2) is 19.0 Å². The summed E-state index contributed by atoms with van der Waals surface area (Å²) in [7, 11) is 0. The maximum absolute atomic E-state index is 13.7. The van der Waals surface area contributed by atoms with Crippen LogP contribution >= 0.6 is 15.9 Å². The van der Waals surface area contributed by atoms with Crippen molar-refractivity contribution in [3.63, 3.8) is 0 Å². The number of amides is 1. The molecule has 0 aliphatic carbocycles. The normalized spacial score (nSPS) is 20.1. The fraction of sp³-hybridized carbons (Fsp3) is 0.364. The van der Waals surface area contributed by atoms with Crippen LogP contribution in [0.4, 0.5) is 14.5 Å². The molecule has 1 heterocycles. The molecule has 2 rings (SSSR count). The molecule has 92 valence electrons. The third-order valence-electron chi connectivity index (χ3n) is 2.82. The van der Waals surface area contributed by atoms with Crippen LogP contribution < -0.4 is 10.6 Å². The highest BCUT2D eigenvalue weighted by molar-refractivity contribution is 9.10. The maximum atomic E-state index is 13.7. The van der Waals surface area contributed by atoms with E-state index in [9.17, 15) is 13.6 Å². The Balaban J connectivity index is 2.35. The van der Waals surface area contributed by atoms with E-state index in [1.54, 1.807) is 0 Å². The van der Waals surface area contributed by atoms with Gasteiger partial charge in [-0.3, -0.25) is 4.79 Å². The largest absolute Gasteiger partial charge is 0.330 e. The van der Waals surface area contributed by atoms with Gasteiger partial charge in [-0.2, -0.15) is 0 Å². The molecule has 0 spiro atoms. The lowest BCUT2D eigenvalue weighted by Crippen LogP contribution is -2.26. The summed E-state index contributed by atoms with van der Waals surface area (Å²) in [6, 6.07) is 2.05. The second kappa shape index (κ2) is 4.70.